The van der Waals surface area contributed by atoms with Gasteiger partial charge in [0.1, 0.15) is 18.0 Å². The van der Waals surface area contributed by atoms with Crippen LogP contribution in [0.5, 0.6) is 5.75 Å². The van der Waals surface area contributed by atoms with Gasteiger partial charge in [-0.1, -0.05) is 11.6 Å². The average Bonchev–Trinajstić information content (AvgIpc) is 2.26. The van der Waals surface area contributed by atoms with Crippen LogP contribution >= 0.6 is 11.6 Å². The third kappa shape index (κ3) is 4.22. The molecule has 0 aliphatic carbocycles. The highest BCUT2D eigenvalue weighted by Gasteiger charge is 2.18. The van der Waals surface area contributed by atoms with Crippen molar-refractivity contribution in [3.63, 3.8) is 0 Å². The van der Waals surface area contributed by atoms with Crippen LogP contribution in [-0.2, 0) is 9.59 Å². The normalized spacial score (nSPS) is 10.0. The Morgan fingerprint density at radius 1 is 1.37 bits per heavy atom. The lowest BCUT2D eigenvalue weighted by Crippen LogP contribution is -2.20. The number of amides is 1. The molecule has 0 saturated heterocycles. The number of rotatable bonds is 6. The van der Waals surface area contributed by atoms with Crippen LogP contribution in [0.15, 0.2) is 12.1 Å². The van der Waals surface area contributed by atoms with Gasteiger partial charge in [-0.15, -0.1) is 0 Å². The van der Waals surface area contributed by atoms with Crippen LogP contribution < -0.4 is 10.5 Å². The summed E-state index contributed by atoms with van der Waals surface area (Å²) in [6.45, 7) is -0.502. The molecule has 0 radical (unpaired) electrons. The molecule has 0 saturated carbocycles. The van der Waals surface area contributed by atoms with E-state index in [-0.39, 0.29) is 10.8 Å². The summed E-state index contributed by atoms with van der Waals surface area (Å²) in [5.41, 5.74) is 4.38. The van der Waals surface area contributed by atoms with E-state index in [4.69, 9.17) is 27.2 Å². The minimum Gasteiger partial charge on any atom is -0.482 e. The third-order valence-electron chi connectivity index (χ3n) is 2.00. The van der Waals surface area contributed by atoms with Crippen molar-refractivity contribution in [3.05, 3.63) is 28.5 Å². The maximum absolute atomic E-state index is 13.5. The minimum atomic E-state index is -1.39. The Bertz CT molecular complexity index is 546. The van der Waals surface area contributed by atoms with E-state index in [1.165, 1.54) is 0 Å². The van der Waals surface area contributed by atoms with Gasteiger partial charge >= 0.3 is 5.97 Å². The minimum absolute atomic E-state index is 0.129. The molecule has 6 nitrogen and oxygen atoms in total. The molecule has 1 amide bonds. The molecule has 0 aromatic heterocycles. The summed E-state index contributed by atoms with van der Waals surface area (Å²) in [5.74, 6) is -4.21. The van der Waals surface area contributed by atoms with Crippen molar-refractivity contribution in [1.29, 1.82) is 0 Å². The largest absolute Gasteiger partial charge is 0.482 e. The third-order valence-corrected chi connectivity index (χ3v) is 2.30. The predicted octanol–water partition coefficient (Wildman–Crippen LogP) is 1.00. The summed E-state index contributed by atoms with van der Waals surface area (Å²) in [6, 6.07) is 1.73. The molecule has 3 N–H and O–H groups in total. The van der Waals surface area contributed by atoms with Gasteiger partial charge in [0, 0.05) is 0 Å². The van der Waals surface area contributed by atoms with Gasteiger partial charge in [0.15, 0.2) is 12.4 Å². The highest BCUT2D eigenvalue weighted by molar-refractivity contribution is 6.32. The molecule has 0 atom stereocenters. The molecule has 0 unspecified atom stereocenters. The van der Waals surface area contributed by atoms with E-state index >= 15 is 0 Å². The Hall–Kier alpha value is -2.15. The van der Waals surface area contributed by atoms with E-state index in [1.807, 2.05) is 0 Å². The van der Waals surface area contributed by atoms with Crippen LogP contribution in [0, 0.1) is 5.82 Å². The molecule has 1 aromatic carbocycles. The SMILES string of the molecule is NC(=O)COc1cc(C(=O)CC(=O)O)c(F)cc1Cl. The van der Waals surface area contributed by atoms with Gasteiger partial charge in [-0.2, -0.15) is 0 Å². The van der Waals surface area contributed by atoms with E-state index in [1.54, 1.807) is 0 Å². The number of carboxylic acid groups (broad SMARTS) is 1. The summed E-state index contributed by atoms with van der Waals surface area (Å²) in [5, 5.41) is 8.31. The van der Waals surface area contributed by atoms with Crippen molar-refractivity contribution in [3.8, 4) is 5.75 Å². The fraction of sp³-hybridized carbons (Fsp3) is 0.182. The number of hydrogen-bond donors (Lipinski definition) is 2. The number of benzene rings is 1. The quantitative estimate of drug-likeness (QED) is 0.600. The lowest BCUT2D eigenvalue weighted by Gasteiger charge is -2.08. The number of primary amides is 1. The van der Waals surface area contributed by atoms with Crippen molar-refractivity contribution < 1.29 is 28.6 Å². The molecule has 0 bridgehead atoms. The van der Waals surface area contributed by atoms with Crippen LogP contribution in [0.2, 0.25) is 5.02 Å². The Kier molecular flexibility index (Phi) is 4.82. The van der Waals surface area contributed by atoms with Gasteiger partial charge in [0.2, 0.25) is 0 Å². The molecule has 0 fully saturated rings. The van der Waals surface area contributed by atoms with Crippen molar-refractivity contribution >= 4 is 29.3 Å². The lowest BCUT2D eigenvalue weighted by atomic mass is 10.1. The summed E-state index contributed by atoms with van der Waals surface area (Å²) in [6.07, 6.45) is -0.867. The summed E-state index contributed by atoms with van der Waals surface area (Å²) in [4.78, 5) is 32.4. The topological polar surface area (TPSA) is 107 Å². The van der Waals surface area contributed by atoms with Gasteiger partial charge in [-0.25, -0.2) is 4.39 Å². The van der Waals surface area contributed by atoms with Gasteiger partial charge in [0.25, 0.3) is 5.91 Å². The predicted molar refractivity (Wildman–Crippen MR) is 62.7 cm³/mol. The van der Waals surface area contributed by atoms with E-state index in [9.17, 15) is 18.8 Å². The standard InChI is InChI=1S/C11H9ClFNO5/c12-6-2-7(13)5(8(15)3-11(17)18)1-9(6)19-4-10(14)16/h1-2H,3-4H2,(H2,14,16)(H,17,18). The highest BCUT2D eigenvalue weighted by Crippen LogP contribution is 2.28. The Balaban J connectivity index is 3.05. The van der Waals surface area contributed by atoms with E-state index in [0.717, 1.165) is 12.1 Å². The molecule has 8 heteroatoms. The molecule has 102 valence electrons. The first kappa shape index (κ1) is 14.9. The van der Waals surface area contributed by atoms with Gasteiger partial charge in [-0.3, -0.25) is 14.4 Å². The number of carbonyl (C=O) groups excluding carboxylic acids is 2. The number of nitrogens with two attached hydrogens (primary N) is 1. The molecule has 0 spiro atoms. The molecule has 0 aliphatic heterocycles. The summed E-state index contributed by atoms with van der Waals surface area (Å²) in [7, 11) is 0. The second kappa shape index (κ2) is 6.14. The van der Waals surface area contributed by atoms with Crippen molar-refractivity contribution in [2.45, 2.75) is 6.42 Å². The highest BCUT2D eigenvalue weighted by atomic mass is 35.5. The molecule has 1 rings (SSSR count). The zero-order valence-corrected chi connectivity index (χ0v) is 10.2. The fourth-order valence-electron chi connectivity index (χ4n) is 1.23. The average molecular weight is 290 g/mol. The number of ether oxygens (including phenoxy) is 1. The van der Waals surface area contributed by atoms with E-state index in [0.29, 0.717) is 0 Å². The molecular formula is C11H9ClFNO5. The van der Waals surface area contributed by atoms with E-state index in [2.05, 4.69) is 0 Å². The first-order valence-corrected chi connectivity index (χ1v) is 5.34. The second-order valence-corrected chi connectivity index (χ2v) is 3.92. The van der Waals surface area contributed by atoms with Crippen LogP contribution in [0.3, 0.4) is 0 Å². The van der Waals surface area contributed by atoms with Crippen LogP contribution in [0.25, 0.3) is 0 Å². The molecule has 19 heavy (non-hydrogen) atoms. The lowest BCUT2D eigenvalue weighted by molar-refractivity contribution is -0.135. The fourth-order valence-corrected chi connectivity index (χ4v) is 1.44. The maximum Gasteiger partial charge on any atom is 0.311 e. The number of ketones is 1. The Morgan fingerprint density at radius 2 is 2.00 bits per heavy atom. The maximum atomic E-state index is 13.5. The number of aliphatic carboxylic acids is 1. The molecule has 0 aliphatic rings. The zero-order chi connectivity index (χ0) is 14.6. The summed E-state index contributed by atoms with van der Waals surface area (Å²) < 4.78 is 18.4. The van der Waals surface area contributed by atoms with Gasteiger partial charge in [0.05, 0.1) is 10.6 Å². The smallest absolute Gasteiger partial charge is 0.311 e. The first-order valence-electron chi connectivity index (χ1n) is 4.96. The van der Waals surface area contributed by atoms with E-state index < -0.39 is 42.1 Å². The van der Waals surface area contributed by atoms with Crippen LogP contribution in [-0.4, -0.2) is 29.4 Å². The molecule has 1 aromatic rings. The molecular weight excluding hydrogens is 281 g/mol. The van der Waals surface area contributed by atoms with Crippen molar-refractivity contribution in [2.24, 2.45) is 5.73 Å². The number of carboxylic acids is 1. The van der Waals surface area contributed by atoms with Crippen LogP contribution in [0.1, 0.15) is 16.8 Å². The first-order chi connectivity index (χ1) is 8.81. The number of halogens is 2. The number of carbonyl (C=O) groups is 3. The number of Topliss-reactive ketones (excluding diaryl/α,β-unsaturated/α-hetero) is 1. The zero-order valence-electron chi connectivity index (χ0n) is 9.48. The monoisotopic (exact) mass is 289 g/mol. The van der Waals surface area contributed by atoms with Gasteiger partial charge < -0.3 is 15.6 Å². The van der Waals surface area contributed by atoms with Gasteiger partial charge in [-0.05, 0) is 12.1 Å². The van der Waals surface area contributed by atoms with Crippen molar-refractivity contribution in [1.82, 2.24) is 0 Å². The second-order valence-electron chi connectivity index (χ2n) is 3.51. The van der Waals surface area contributed by atoms with Crippen molar-refractivity contribution in [2.75, 3.05) is 6.61 Å². The Morgan fingerprint density at radius 3 is 2.53 bits per heavy atom. The summed E-state index contributed by atoms with van der Waals surface area (Å²) >= 11 is 5.65. The Labute approximate surface area is 111 Å². The van der Waals surface area contributed by atoms with Crippen LogP contribution in [0.4, 0.5) is 4.39 Å². The number of hydrogen-bond acceptors (Lipinski definition) is 4. The molecule has 0 heterocycles.